The Morgan fingerprint density at radius 3 is 2.66 bits per heavy atom. The molecule has 0 aliphatic heterocycles. The van der Waals surface area contributed by atoms with Gasteiger partial charge in [0, 0.05) is 18.8 Å². The highest BCUT2D eigenvalue weighted by atomic mass is 16.2. The Labute approximate surface area is 169 Å². The Balaban J connectivity index is 1.99. The van der Waals surface area contributed by atoms with E-state index < -0.39 is 5.91 Å². The van der Waals surface area contributed by atoms with Gasteiger partial charge in [0.05, 0.1) is 11.4 Å². The van der Waals surface area contributed by atoms with E-state index in [1.165, 1.54) is 11.0 Å². The molecule has 0 aliphatic carbocycles. The van der Waals surface area contributed by atoms with Gasteiger partial charge in [-0.05, 0) is 74.6 Å². The number of pyridine rings is 1. The Kier molecular flexibility index (Phi) is 5.88. The minimum Gasteiger partial charge on any atom is -0.320 e. The van der Waals surface area contributed by atoms with Crippen molar-refractivity contribution in [2.75, 3.05) is 26.0 Å². The summed E-state index contributed by atoms with van der Waals surface area (Å²) in [6.07, 6.45) is 3.19. The molecule has 3 rings (SSSR count). The largest absolute Gasteiger partial charge is 0.320 e. The van der Waals surface area contributed by atoms with Gasteiger partial charge < -0.3 is 14.8 Å². The number of aryl methyl sites for hydroxylation is 2. The summed E-state index contributed by atoms with van der Waals surface area (Å²) in [6, 6.07) is 7.26. The summed E-state index contributed by atoms with van der Waals surface area (Å²) >= 11 is 0. The van der Waals surface area contributed by atoms with Crippen LogP contribution in [0.2, 0.25) is 0 Å². The number of rotatable bonds is 6. The Hall–Kier alpha value is -3.33. The third kappa shape index (κ3) is 4.40. The van der Waals surface area contributed by atoms with E-state index in [0.717, 1.165) is 5.56 Å². The molecule has 0 aliphatic rings. The molecule has 1 unspecified atom stereocenters. The number of hydrogen-bond donors (Lipinski definition) is 1. The fourth-order valence-corrected chi connectivity index (χ4v) is 3.29. The number of aromatic nitrogens is 5. The Morgan fingerprint density at radius 2 is 2.00 bits per heavy atom. The van der Waals surface area contributed by atoms with Crippen molar-refractivity contribution in [2.24, 2.45) is 0 Å². The van der Waals surface area contributed by atoms with Crippen molar-refractivity contribution in [3.63, 3.8) is 0 Å². The average molecular weight is 395 g/mol. The molecule has 152 valence electrons. The maximum atomic E-state index is 13.1. The number of carbonyl (C=O) groups excluding carboxylic acids is 1. The number of amides is 1. The summed E-state index contributed by atoms with van der Waals surface area (Å²) in [4.78, 5) is 28.2. The van der Waals surface area contributed by atoms with Gasteiger partial charge in [0.15, 0.2) is 0 Å². The van der Waals surface area contributed by atoms with Crippen LogP contribution in [-0.4, -0.2) is 56.2 Å². The zero-order chi connectivity index (χ0) is 21.1. The molecule has 0 spiro atoms. The number of nitrogens with zero attached hydrogens (tertiary/aromatic N) is 6. The van der Waals surface area contributed by atoms with Crippen LogP contribution in [0.5, 0.6) is 0 Å². The first-order valence-electron chi connectivity index (χ1n) is 9.29. The zero-order valence-electron chi connectivity index (χ0n) is 17.2. The van der Waals surface area contributed by atoms with Crippen LogP contribution in [0.4, 0.5) is 5.69 Å². The lowest BCUT2D eigenvalue weighted by atomic mass is 10.1. The lowest BCUT2D eigenvalue weighted by Crippen LogP contribution is -2.35. The van der Waals surface area contributed by atoms with E-state index in [0.29, 0.717) is 23.5 Å². The molecule has 1 aromatic carbocycles. The van der Waals surface area contributed by atoms with E-state index in [9.17, 15) is 9.59 Å². The van der Waals surface area contributed by atoms with Crippen LogP contribution in [0.3, 0.4) is 0 Å². The molecule has 9 heteroatoms. The topological polar surface area (TPSA) is 97.9 Å². The highest BCUT2D eigenvalue weighted by Gasteiger charge is 2.20. The summed E-state index contributed by atoms with van der Waals surface area (Å²) in [7, 11) is 3.89. The van der Waals surface area contributed by atoms with Crippen molar-refractivity contribution in [1.29, 1.82) is 0 Å². The van der Waals surface area contributed by atoms with E-state index >= 15 is 0 Å². The van der Waals surface area contributed by atoms with Gasteiger partial charge >= 0.3 is 0 Å². The summed E-state index contributed by atoms with van der Waals surface area (Å²) in [5.41, 5.74) is 2.54. The standard InChI is InChI=1S/C20H25N7O2/c1-13-6-7-17(27-12-21-23-24-27)16(10-13)22-19(28)18-14(2)8-9-26(20(18)29)15(3)11-25(4)5/h6-10,12,15H,11H2,1-5H3,(H,22,28). The molecule has 2 heterocycles. The first kappa shape index (κ1) is 20.4. The minimum atomic E-state index is -0.459. The number of hydrogen-bond acceptors (Lipinski definition) is 6. The normalized spacial score (nSPS) is 12.2. The van der Waals surface area contributed by atoms with Gasteiger partial charge in [0.25, 0.3) is 11.5 Å². The second-order valence-electron chi connectivity index (χ2n) is 7.43. The smallest absolute Gasteiger partial charge is 0.263 e. The molecule has 0 saturated heterocycles. The fourth-order valence-electron chi connectivity index (χ4n) is 3.29. The monoisotopic (exact) mass is 395 g/mol. The van der Waals surface area contributed by atoms with E-state index in [-0.39, 0.29) is 17.2 Å². The fraction of sp³-hybridized carbons (Fsp3) is 0.350. The molecule has 0 fully saturated rings. The molecule has 1 atom stereocenters. The molecule has 0 radical (unpaired) electrons. The molecule has 29 heavy (non-hydrogen) atoms. The van der Waals surface area contributed by atoms with Crippen molar-refractivity contribution in [2.45, 2.75) is 26.8 Å². The van der Waals surface area contributed by atoms with Crippen LogP contribution in [0.25, 0.3) is 5.69 Å². The van der Waals surface area contributed by atoms with Crippen LogP contribution in [0, 0.1) is 13.8 Å². The number of likely N-dealkylation sites (N-methyl/N-ethyl adjacent to an activating group) is 1. The van der Waals surface area contributed by atoms with E-state index in [2.05, 4.69) is 20.8 Å². The van der Waals surface area contributed by atoms with Crippen LogP contribution in [-0.2, 0) is 0 Å². The highest BCUT2D eigenvalue weighted by molar-refractivity contribution is 6.06. The molecular weight excluding hydrogens is 370 g/mol. The van der Waals surface area contributed by atoms with E-state index in [1.807, 2.05) is 51.0 Å². The van der Waals surface area contributed by atoms with Gasteiger partial charge in [0.2, 0.25) is 0 Å². The first-order valence-corrected chi connectivity index (χ1v) is 9.29. The SMILES string of the molecule is Cc1ccc(-n2cnnn2)c(NC(=O)c2c(C)ccn(C(C)CN(C)C)c2=O)c1. The zero-order valence-corrected chi connectivity index (χ0v) is 17.2. The number of tetrazole rings is 1. The van der Waals surface area contributed by atoms with Crippen molar-refractivity contribution < 1.29 is 4.79 Å². The van der Waals surface area contributed by atoms with Gasteiger partial charge in [-0.15, -0.1) is 5.10 Å². The second-order valence-corrected chi connectivity index (χ2v) is 7.43. The molecule has 1 amide bonds. The van der Waals surface area contributed by atoms with Crippen molar-refractivity contribution in [3.05, 3.63) is 63.8 Å². The average Bonchev–Trinajstić information content (AvgIpc) is 3.15. The van der Waals surface area contributed by atoms with Crippen molar-refractivity contribution >= 4 is 11.6 Å². The number of nitrogens with one attached hydrogen (secondary N) is 1. The van der Waals surface area contributed by atoms with Crippen LogP contribution in [0.15, 0.2) is 41.6 Å². The molecule has 0 bridgehead atoms. The van der Waals surface area contributed by atoms with Crippen LogP contribution >= 0.6 is 0 Å². The van der Waals surface area contributed by atoms with Gasteiger partial charge in [0.1, 0.15) is 11.9 Å². The summed E-state index contributed by atoms with van der Waals surface area (Å²) in [5, 5.41) is 14.0. The lowest BCUT2D eigenvalue weighted by Gasteiger charge is -2.20. The minimum absolute atomic E-state index is 0.0691. The molecule has 9 nitrogen and oxygen atoms in total. The molecule has 3 aromatic rings. The number of carbonyl (C=O) groups is 1. The lowest BCUT2D eigenvalue weighted by molar-refractivity contribution is 0.102. The predicted octanol–water partition coefficient (Wildman–Crippen LogP) is 1.82. The maximum absolute atomic E-state index is 13.1. The second kappa shape index (κ2) is 8.36. The van der Waals surface area contributed by atoms with Crippen molar-refractivity contribution in [1.82, 2.24) is 29.7 Å². The van der Waals surface area contributed by atoms with Crippen LogP contribution < -0.4 is 10.9 Å². The highest BCUT2D eigenvalue weighted by Crippen LogP contribution is 2.22. The number of anilines is 1. The molecule has 1 N–H and O–H groups in total. The van der Waals surface area contributed by atoms with Gasteiger partial charge in [-0.25, -0.2) is 0 Å². The van der Waals surface area contributed by atoms with Gasteiger partial charge in [-0.1, -0.05) is 6.07 Å². The third-order valence-corrected chi connectivity index (χ3v) is 4.66. The van der Waals surface area contributed by atoms with E-state index in [4.69, 9.17) is 0 Å². The van der Waals surface area contributed by atoms with Crippen LogP contribution in [0.1, 0.15) is 34.5 Å². The maximum Gasteiger partial charge on any atom is 0.263 e. The first-order chi connectivity index (χ1) is 13.8. The van der Waals surface area contributed by atoms with E-state index in [1.54, 1.807) is 23.8 Å². The summed E-state index contributed by atoms with van der Waals surface area (Å²) < 4.78 is 3.06. The summed E-state index contributed by atoms with van der Waals surface area (Å²) in [5.74, 6) is -0.459. The Morgan fingerprint density at radius 1 is 1.24 bits per heavy atom. The summed E-state index contributed by atoms with van der Waals surface area (Å²) in [6.45, 7) is 6.32. The molecule has 0 saturated carbocycles. The number of benzene rings is 1. The Bertz CT molecular complexity index is 1070. The predicted molar refractivity (Wildman–Crippen MR) is 111 cm³/mol. The third-order valence-electron chi connectivity index (χ3n) is 4.66. The molecule has 2 aromatic heterocycles. The van der Waals surface area contributed by atoms with Gasteiger partial charge in [-0.3, -0.25) is 9.59 Å². The van der Waals surface area contributed by atoms with Gasteiger partial charge in [-0.2, -0.15) is 4.68 Å². The molecular formula is C20H25N7O2. The quantitative estimate of drug-likeness (QED) is 0.684. The van der Waals surface area contributed by atoms with Crippen molar-refractivity contribution in [3.8, 4) is 5.69 Å².